The molecule has 0 aliphatic heterocycles. The van der Waals surface area contributed by atoms with Gasteiger partial charge < -0.3 is 14.2 Å². The molecule has 0 aromatic heterocycles. The van der Waals surface area contributed by atoms with Gasteiger partial charge in [0.1, 0.15) is 13.2 Å². The van der Waals surface area contributed by atoms with E-state index in [0.29, 0.717) is 19.3 Å². The van der Waals surface area contributed by atoms with E-state index in [4.69, 9.17) is 14.2 Å². The number of carbonyl (C=O) groups excluding carboxylic acids is 3. The van der Waals surface area contributed by atoms with Crippen molar-refractivity contribution in [2.45, 2.75) is 309 Å². The van der Waals surface area contributed by atoms with Gasteiger partial charge in [-0.25, -0.2) is 0 Å². The van der Waals surface area contributed by atoms with E-state index in [9.17, 15) is 14.4 Å². The molecule has 6 heteroatoms. The summed E-state index contributed by atoms with van der Waals surface area (Å²) in [6, 6.07) is 0. The molecule has 0 aliphatic carbocycles. The monoisotopic (exact) mass is 991 g/mol. The van der Waals surface area contributed by atoms with Gasteiger partial charge in [0.2, 0.25) is 0 Å². The topological polar surface area (TPSA) is 78.9 Å². The van der Waals surface area contributed by atoms with Crippen LogP contribution in [0.2, 0.25) is 0 Å². The predicted octanol–water partition coefficient (Wildman–Crippen LogP) is 20.5. The van der Waals surface area contributed by atoms with Crippen molar-refractivity contribution >= 4 is 17.9 Å². The zero-order valence-corrected chi connectivity index (χ0v) is 47.0. The van der Waals surface area contributed by atoms with Gasteiger partial charge in [0, 0.05) is 19.3 Å². The molecule has 0 rings (SSSR count). The summed E-state index contributed by atoms with van der Waals surface area (Å²) < 4.78 is 16.7. The second-order valence-corrected chi connectivity index (χ2v) is 20.2. The molecule has 0 aromatic rings. The number of hydrogen-bond donors (Lipinski definition) is 0. The van der Waals surface area contributed by atoms with Crippen molar-refractivity contribution in [1.82, 2.24) is 0 Å². The largest absolute Gasteiger partial charge is 0.462 e. The highest BCUT2D eigenvalue weighted by molar-refractivity contribution is 5.71. The van der Waals surface area contributed by atoms with Gasteiger partial charge in [0.05, 0.1) is 0 Å². The van der Waals surface area contributed by atoms with Crippen molar-refractivity contribution in [3.63, 3.8) is 0 Å². The summed E-state index contributed by atoms with van der Waals surface area (Å²) in [5, 5.41) is 0. The highest BCUT2D eigenvalue weighted by Gasteiger charge is 2.19. The van der Waals surface area contributed by atoms with Crippen LogP contribution in [0.4, 0.5) is 0 Å². The maximum Gasteiger partial charge on any atom is 0.306 e. The van der Waals surface area contributed by atoms with Crippen molar-refractivity contribution < 1.29 is 28.6 Å². The van der Waals surface area contributed by atoms with Crippen LogP contribution in [-0.4, -0.2) is 37.2 Å². The second kappa shape index (κ2) is 59.4. The van der Waals surface area contributed by atoms with Crippen LogP contribution in [0.1, 0.15) is 303 Å². The third-order valence-corrected chi connectivity index (χ3v) is 13.2. The fourth-order valence-electron chi connectivity index (χ4n) is 8.64. The molecular formula is C65H114O6. The summed E-state index contributed by atoms with van der Waals surface area (Å²) >= 11 is 0. The molecule has 6 nitrogen and oxygen atoms in total. The van der Waals surface area contributed by atoms with Gasteiger partial charge in [0.15, 0.2) is 6.10 Å². The number of ether oxygens (including phenoxy) is 3. The second-order valence-electron chi connectivity index (χ2n) is 20.2. The molecule has 0 fully saturated rings. The average Bonchev–Trinajstić information content (AvgIpc) is 3.37. The van der Waals surface area contributed by atoms with Gasteiger partial charge in [-0.05, 0) is 89.9 Å². The van der Waals surface area contributed by atoms with E-state index < -0.39 is 6.10 Å². The SMILES string of the molecule is CC/C=C\C/C=C\C/C=C\C/C=C\C/C=C\CCCCCC(=O)OC(COC(=O)CCCCCCC)COC(=O)CCCCCCCCCCCCCCCCCCC/C=C\CCCCCCCCCC. The van der Waals surface area contributed by atoms with Crippen LogP contribution in [0.15, 0.2) is 72.9 Å². The molecule has 410 valence electrons. The molecule has 0 spiro atoms. The Hall–Kier alpha value is -3.15. The summed E-state index contributed by atoms with van der Waals surface area (Å²) in [5.41, 5.74) is 0. The first-order valence-electron chi connectivity index (χ1n) is 30.4. The number of rotatable bonds is 55. The van der Waals surface area contributed by atoms with Crippen molar-refractivity contribution in [3.05, 3.63) is 72.9 Å². The van der Waals surface area contributed by atoms with Crippen LogP contribution >= 0.6 is 0 Å². The van der Waals surface area contributed by atoms with Gasteiger partial charge in [-0.1, -0.05) is 267 Å². The minimum Gasteiger partial charge on any atom is -0.462 e. The van der Waals surface area contributed by atoms with E-state index in [1.165, 1.54) is 161 Å². The summed E-state index contributed by atoms with van der Waals surface area (Å²) in [7, 11) is 0. The first kappa shape index (κ1) is 67.8. The molecule has 1 unspecified atom stereocenters. The van der Waals surface area contributed by atoms with Crippen LogP contribution < -0.4 is 0 Å². The van der Waals surface area contributed by atoms with E-state index in [0.717, 1.165) is 103 Å². The Morgan fingerprint density at radius 3 is 0.887 bits per heavy atom. The van der Waals surface area contributed by atoms with Crippen LogP contribution in [0.5, 0.6) is 0 Å². The average molecular weight is 992 g/mol. The van der Waals surface area contributed by atoms with Crippen LogP contribution in [0.3, 0.4) is 0 Å². The van der Waals surface area contributed by atoms with Gasteiger partial charge in [-0.15, -0.1) is 0 Å². The molecule has 1 atom stereocenters. The van der Waals surface area contributed by atoms with Crippen molar-refractivity contribution in [3.8, 4) is 0 Å². The third-order valence-electron chi connectivity index (χ3n) is 13.2. The molecule has 0 aliphatic rings. The Morgan fingerprint density at radius 2 is 0.549 bits per heavy atom. The Kier molecular flexibility index (Phi) is 56.8. The minimum atomic E-state index is -0.788. The number of esters is 3. The van der Waals surface area contributed by atoms with E-state index >= 15 is 0 Å². The molecule has 0 saturated heterocycles. The first-order chi connectivity index (χ1) is 35.0. The Labute approximate surface area is 440 Å². The van der Waals surface area contributed by atoms with Crippen LogP contribution in [0, 0.1) is 0 Å². The minimum absolute atomic E-state index is 0.0871. The number of carbonyl (C=O) groups is 3. The molecule has 0 aromatic carbocycles. The Balaban J connectivity index is 4.03. The van der Waals surface area contributed by atoms with Gasteiger partial charge >= 0.3 is 17.9 Å². The van der Waals surface area contributed by atoms with Crippen LogP contribution in [-0.2, 0) is 28.6 Å². The molecule has 0 saturated carbocycles. The van der Waals surface area contributed by atoms with Gasteiger partial charge in [-0.2, -0.15) is 0 Å². The summed E-state index contributed by atoms with van der Waals surface area (Å²) in [6.07, 6.45) is 76.8. The lowest BCUT2D eigenvalue weighted by Gasteiger charge is -2.18. The van der Waals surface area contributed by atoms with E-state index in [2.05, 4.69) is 93.7 Å². The highest BCUT2D eigenvalue weighted by atomic mass is 16.6. The Bertz CT molecular complexity index is 1320. The predicted molar refractivity (Wildman–Crippen MR) is 307 cm³/mol. The van der Waals surface area contributed by atoms with Crippen LogP contribution in [0.25, 0.3) is 0 Å². The third kappa shape index (κ3) is 57.6. The fraction of sp³-hybridized carbons (Fsp3) is 0.769. The van der Waals surface area contributed by atoms with E-state index in [1.54, 1.807) is 0 Å². The van der Waals surface area contributed by atoms with Crippen molar-refractivity contribution in [1.29, 1.82) is 0 Å². The lowest BCUT2D eigenvalue weighted by atomic mass is 10.0. The smallest absolute Gasteiger partial charge is 0.306 e. The maximum atomic E-state index is 12.8. The van der Waals surface area contributed by atoms with Gasteiger partial charge in [0.25, 0.3) is 0 Å². The quantitative estimate of drug-likeness (QED) is 0.0261. The fourth-order valence-corrected chi connectivity index (χ4v) is 8.64. The molecule has 0 heterocycles. The van der Waals surface area contributed by atoms with Crippen molar-refractivity contribution in [2.75, 3.05) is 13.2 Å². The zero-order chi connectivity index (χ0) is 51.4. The van der Waals surface area contributed by atoms with E-state index in [-0.39, 0.29) is 31.1 Å². The standard InChI is InChI=1S/C65H114O6/c1-4-7-10-13-15-17-19-21-23-25-27-28-29-30-31-32-33-34-35-36-38-39-41-43-45-47-49-52-55-58-64(67)70-61-62(60-69-63(66)57-54-51-12-9-6-3)71-65(68)59-56-53-50-48-46-44-42-40-37-26-24-22-20-18-16-14-11-8-5-2/h8,11,16,18,22,24-25,27,37,40,44,46,62H,4-7,9-10,12-15,17,19-21,23,26,28-36,38-39,41-43,45,47-61H2,1-3H3/b11-8-,18-16-,24-22-,27-25-,40-37-,46-44-. The molecular weight excluding hydrogens is 877 g/mol. The first-order valence-corrected chi connectivity index (χ1v) is 30.4. The molecule has 0 N–H and O–H groups in total. The maximum absolute atomic E-state index is 12.8. The van der Waals surface area contributed by atoms with Gasteiger partial charge in [-0.3, -0.25) is 14.4 Å². The molecule has 0 radical (unpaired) electrons. The van der Waals surface area contributed by atoms with Crippen molar-refractivity contribution in [2.24, 2.45) is 0 Å². The Morgan fingerprint density at radius 1 is 0.296 bits per heavy atom. The lowest BCUT2D eigenvalue weighted by molar-refractivity contribution is -0.167. The number of hydrogen-bond acceptors (Lipinski definition) is 6. The summed E-state index contributed by atoms with van der Waals surface area (Å²) in [6.45, 7) is 6.44. The molecule has 71 heavy (non-hydrogen) atoms. The van der Waals surface area contributed by atoms with E-state index in [1.807, 2.05) is 0 Å². The highest BCUT2D eigenvalue weighted by Crippen LogP contribution is 2.16. The molecule has 0 bridgehead atoms. The number of unbranched alkanes of at least 4 members (excludes halogenated alkanes) is 32. The summed E-state index contributed by atoms with van der Waals surface area (Å²) in [4.78, 5) is 37.8. The zero-order valence-electron chi connectivity index (χ0n) is 47.0. The normalized spacial score (nSPS) is 12.5. The number of allylic oxidation sites excluding steroid dienone is 12. The summed E-state index contributed by atoms with van der Waals surface area (Å²) in [5.74, 6) is -0.926. The molecule has 0 amide bonds. The lowest BCUT2D eigenvalue weighted by Crippen LogP contribution is -2.30.